The lowest BCUT2D eigenvalue weighted by atomic mass is 10.2. The van der Waals surface area contributed by atoms with Crippen LogP contribution in [-0.4, -0.2) is 22.0 Å². The molecule has 0 saturated heterocycles. The molecule has 1 amide bonds. The van der Waals surface area contributed by atoms with E-state index in [1.807, 2.05) is 30.3 Å². The lowest BCUT2D eigenvalue weighted by Crippen LogP contribution is -2.24. The summed E-state index contributed by atoms with van der Waals surface area (Å²) in [5.74, 6) is -1.25. The van der Waals surface area contributed by atoms with E-state index in [9.17, 15) is 9.59 Å². The van der Waals surface area contributed by atoms with Crippen molar-refractivity contribution in [3.8, 4) is 0 Å². The maximum Gasteiger partial charge on any atom is 0.355 e. The molecule has 1 heterocycles. The van der Waals surface area contributed by atoms with Crippen molar-refractivity contribution in [1.82, 2.24) is 10.3 Å². The number of thiazole rings is 1. The number of carboxylic acids is 1. The molecule has 0 unspecified atom stereocenters. The fourth-order valence-corrected chi connectivity index (χ4v) is 2.25. The molecule has 0 fully saturated rings. The molecule has 2 rings (SSSR count). The van der Waals surface area contributed by atoms with Gasteiger partial charge in [0, 0.05) is 11.9 Å². The average Bonchev–Trinajstić information content (AvgIpc) is 2.86. The minimum absolute atomic E-state index is 0.0177. The van der Waals surface area contributed by atoms with Gasteiger partial charge in [0.25, 0.3) is 0 Å². The van der Waals surface area contributed by atoms with Crippen molar-refractivity contribution in [2.45, 2.75) is 13.0 Å². The van der Waals surface area contributed by atoms with Crippen LogP contribution >= 0.6 is 11.3 Å². The molecule has 19 heavy (non-hydrogen) atoms. The summed E-state index contributed by atoms with van der Waals surface area (Å²) >= 11 is 1.18. The van der Waals surface area contributed by atoms with E-state index in [0.29, 0.717) is 11.6 Å². The molecule has 0 bridgehead atoms. The van der Waals surface area contributed by atoms with Gasteiger partial charge in [-0.25, -0.2) is 9.78 Å². The maximum absolute atomic E-state index is 11.7. The van der Waals surface area contributed by atoms with E-state index >= 15 is 0 Å². The first-order valence-corrected chi connectivity index (χ1v) is 6.51. The number of carbonyl (C=O) groups is 2. The van der Waals surface area contributed by atoms with Crippen LogP contribution in [0.25, 0.3) is 0 Å². The quantitative estimate of drug-likeness (QED) is 0.871. The van der Waals surface area contributed by atoms with Gasteiger partial charge < -0.3 is 10.4 Å². The van der Waals surface area contributed by atoms with Crippen molar-refractivity contribution in [3.63, 3.8) is 0 Å². The van der Waals surface area contributed by atoms with Gasteiger partial charge in [0.05, 0.1) is 6.42 Å². The van der Waals surface area contributed by atoms with Crippen molar-refractivity contribution < 1.29 is 14.7 Å². The SMILES string of the molecule is O=C(Cc1nc(C(=O)O)cs1)NCc1ccccc1. The summed E-state index contributed by atoms with van der Waals surface area (Å²) in [6.45, 7) is 0.455. The van der Waals surface area contributed by atoms with Gasteiger partial charge >= 0.3 is 5.97 Å². The zero-order valence-electron chi connectivity index (χ0n) is 10.00. The van der Waals surface area contributed by atoms with Gasteiger partial charge in [0.15, 0.2) is 5.69 Å². The molecular weight excluding hydrogens is 264 g/mol. The third-order valence-electron chi connectivity index (χ3n) is 2.42. The second-order valence-electron chi connectivity index (χ2n) is 3.87. The van der Waals surface area contributed by atoms with Gasteiger partial charge in [-0.2, -0.15) is 0 Å². The second kappa shape index (κ2) is 6.10. The highest BCUT2D eigenvalue weighted by atomic mass is 32.1. The van der Waals surface area contributed by atoms with E-state index in [2.05, 4.69) is 10.3 Å². The zero-order valence-corrected chi connectivity index (χ0v) is 10.8. The highest BCUT2D eigenvalue weighted by Crippen LogP contribution is 2.10. The summed E-state index contributed by atoms with van der Waals surface area (Å²) in [4.78, 5) is 26.2. The first-order valence-electron chi connectivity index (χ1n) is 5.63. The third kappa shape index (κ3) is 3.89. The van der Waals surface area contributed by atoms with E-state index in [1.165, 1.54) is 16.7 Å². The maximum atomic E-state index is 11.7. The monoisotopic (exact) mass is 276 g/mol. The number of nitrogens with zero attached hydrogens (tertiary/aromatic N) is 1. The fraction of sp³-hybridized carbons (Fsp3) is 0.154. The van der Waals surface area contributed by atoms with Crippen LogP contribution in [0.15, 0.2) is 35.7 Å². The number of aromatic carboxylic acids is 1. The Morgan fingerprint density at radius 3 is 2.63 bits per heavy atom. The van der Waals surface area contributed by atoms with E-state index < -0.39 is 5.97 Å². The Balaban J connectivity index is 1.85. The molecule has 0 saturated carbocycles. The molecule has 0 radical (unpaired) electrons. The van der Waals surface area contributed by atoms with Crippen molar-refractivity contribution in [2.24, 2.45) is 0 Å². The molecule has 0 spiro atoms. The van der Waals surface area contributed by atoms with Gasteiger partial charge in [-0.15, -0.1) is 11.3 Å². The lowest BCUT2D eigenvalue weighted by Gasteiger charge is -2.03. The van der Waals surface area contributed by atoms with Gasteiger partial charge in [0.2, 0.25) is 5.91 Å². The molecule has 98 valence electrons. The molecule has 1 aromatic heterocycles. The molecule has 0 aliphatic heterocycles. The summed E-state index contributed by atoms with van der Waals surface area (Å²) < 4.78 is 0. The Morgan fingerprint density at radius 1 is 1.26 bits per heavy atom. The Hall–Kier alpha value is -2.21. The summed E-state index contributed by atoms with van der Waals surface area (Å²) in [6.07, 6.45) is 0.102. The third-order valence-corrected chi connectivity index (χ3v) is 3.26. The molecule has 2 aromatic rings. The number of carboxylic acid groups (broad SMARTS) is 1. The standard InChI is InChI=1S/C13H12N2O3S/c16-11(14-7-9-4-2-1-3-5-9)6-12-15-10(8-19-12)13(17)18/h1-5,8H,6-7H2,(H,14,16)(H,17,18). The fourth-order valence-electron chi connectivity index (χ4n) is 1.49. The van der Waals surface area contributed by atoms with E-state index in [1.54, 1.807) is 0 Å². The molecule has 0 atom stereocenters. The zero-order chi connectivity index (χ0) is 13.7. The van der Waals surface area contributed by atoms with Gasteiger partial charge in [-0.1, -0.05) is 30.3 Å². The number of amides is 1. The summed E-state index contributed by atoms with van der Waals surface area (Å²) in [6, 6.07) is 9.57. The van der Waals surface area contributed by atoms with Gasteiger partial charge in [-0.05, 0) is 5.56 Å². The Labute approximate surface area is 113 Å². The van der Waals surface area contributed by atoms with Crippen molar-refractivity contribution in [1.29, 1.82) is 0 Å². The van der Waals surface area contributed by atoms with Gasteiger partial charge in [-0.3, -0.25) is 4.79 Å². The number of aromatic nitrogens is 1. The lowest BCUT2D eigenvalue weighted by molar-refractivity contribution is -0.120. The number of nitrogens with one attached hydrogen (secondary N) is 1. The van der Waals surface area contributed by atoms with Crippen LogP contribution in [0, 0.1) is 0 Å². The van der Waals surface area contributed by atoms with Crippen molar-refractivity contribution in [3.05, 3.63) is 52.0 Å². The van der Waals surface area contributed by atoms with Crippen molar-refractivity contribution >= 4 is 23.2 Å². The van der Waals surface area contributed by atoms with Crippen LogP contribution < -0.4 is 5.32 Å². The van der Waals surface area contributed by atoms with Gasteiger partial charge in [0.1, 0.15) is 5.01 Å². The number of carbonyl (C=O) groups excluding carboxylic acids is 1. The van der Waals surface area contributed by atoms with E-state index in [4.69, 9.17) is 5.11 Å². The average molecular weight is 276 g/mol. The molecular formula is C13H12N2O3S. The Kier molecular flexibility index (Phi) is 4.25. The molecule has 1 aromatic carbocycles. The number of hydrogen-bond donors (Lipinski definition) is 2. The number of benzene rings is 1. The Bertz CT molecular complexity index is 581. The highest BCUT2D eigenvalue weighted by Gasteiger charge is 2.11. The second-order valence-corrected chi connectivity index (χ2v) is 4.81. The van der Waals surface area contributed by atoms with Crippen LogP contribution in [0.1, 0.15) is 21.1 Å². The number of hydrogen-bond acceptors (Lipinski definition) is 4. The van der Waals surface area contributed by atoms with Crippen LogP contribution in [0.4, 0.5) is 0 Å². The topological polar surface area (TPSA) is 79.3 Å². The van der Waals surface area contributed by atoms with Crippen LogP contribution in [0.3, 0.4) is 0 Å². The van der Waals surface area contributed by atoms with Crippen LogP contribution in [0.5, 0.6) is 0 Å². The highest BCUT2D eigenvalue weighted by molar-refractivity contribution is 7.09. The molecule has 0 aliphatic rings. The van der Waals surface area contributed by atoms with Crippen LogP contribution in [0.2, 0.25) is 0 Å². The minimum atomic E-state index is -1.08. The van der Waals surface area contributed by atoms with E-state index in [0.717, 1.165) is 5.56 Å². The Morgan fingerprint density at radius 2 is 2.00 bits per heavy atom. The molecule has 2 N–H and O–H groups in total. The first kappa shape index (κ1) is 13.2. The minimum Gasteiger partial charge on any atom is -0.476 e. The molecule has 6 heteroatoms. The predicted octanol–water partition coefficient (Wildman–Crippen LogP) is 1.70. The first-order chi connectivity index (χ1) is 9.15. The smallest absolute Gasteiger partial charge is 0.355 e. The van der Waals surface area contributed by atoms with Crippen molar-refractivity contribution in [2.75, 3.05) is 0 Å². The molecule has 5 nitrogen and oxygen atoms in total. The summed E-state index contributed by atoms with van der Waals surface area (Å²) in [5, 5.41) is 13.4. The largest absolute Gasteiger partial charge is 0.476 e. The summed E-state index contributed by atoms with van der Waals surface area (Å²) in [7, 11) is 0. The summed E-state index contributed by atoms with van der Waals surface area (Å²) in [5.41, 5.74) is 0.997. The van der Waals surface area contributed by atoms with Crippen LogP contribution in [-0.2, 0) is 17.8 Å². The molecule has 0 aliphatic carbocycles. The predicted molar refractivity (Wildman–Crippen MR) is 71.1 cm³/mol. The normalized spacial score (nSPS) is 10.1. The number of rotatable bonds is 5. The van der Waals surface area contributed by atoms with E-state index in [-0.39, 0.29) is 18.0 Å².